The van der Waals surface area contributed by atoms with Crippen molar-refractivity contribution in [3.63, 3.8) is 0 Å². The van der Waals surface area contributed by atoms with Crippen LogP contribution in [0.5, 0.6) is 0 Å². The molecule has 0 aliphatic heterocycles. The third-order valence-corrected chi connectivity index (χ3v) is 4.84. The Balaban J connectivity index is 2.03. The fourth-order valence-corrected chi connectivity index (χ4v) is 3.21. The first-order valence-electron chi connectivity index (χ1n) is 10.5. The zero-order valence-corrected chi connectivity index (χ0v) is 17.6. The maximum Gasteiger partial charge on any atom is 0.329 e. The Hall–Kier alpha value is -2.91. The normalized spacial score (nSPS) is 12.6. The van der Waals surface area contributed by atoms with Crippen LogP contribution < -0.4 is 5.32 Å². The average Bonchev–Trinajstić information content (AvgIpc) is 2.72. The average molecular weight is 411 g/mol. The number of aromatic nitrogens is 1. The molecule has 1 heterocycles. The minimum Gasteiger partial charge on any atom is -0.480 e. The van der Waals surface area contributed by atoms with Crippen molar-refractivity contribution < 1.29 is 19.8 Å². The molecule has 2 atom stereocenters. The molecule has 1 aromatic carbocycles. The van der Waals surface area contributed by atoms with E-state index >= 15 is 0 Å². The second-order valence-corrected chi connectivity index (χ2v) is 7.42. The summed E-state index contributed by atoms with van der Waals surface area (Å²) in [5.41, 5.74) is 1.70. The van der Waals surface area contributed by atoms with E-state index < -0.39 is 24.0 Å². The molecule has 0 aliphatic rings. The van der Waals surface area contributed by atoms with Crippen molar-refractivity contribution >= 4 is 22.8 Å². The predicted octanol–water partition coefficient (Wildman–Crippen LogP) is 3.96. The maximum absolute atomic E-state index is 11.4. The Morgan fingerprint density at radius 2 is 1.83 bits per heavy atom. The van der Waals surface area contributed by atoms with Gasteiger partial charge in [0.2, 0.25) is 5.91 Å². The van der Waals surface area contributed by atoms with Crippen LogP contribution in [0.1, 0.15) is 76.2 Å². The number of unbranched alkanes of at least 4 members (excludes halogenated alkanes) is 6. The highest BCUT2D eigenvalue weighted by molar-refractivity contribution is 5.83. The minimum atomic E-state index is -1.46. The van der Waals surface area contributed by atoms with E-state index in [1.54, 1.807) is 18.2 Å². The number of benzene rings is 1. The van der Waals surface area contributed by atoms with Crippen LogP contribution in [0.2, 0.25) is 0 Å². The van der Waals surface area contributed by atoms with Gasteiger partial charge in [-0.05, 0) is 30.7 Å². The van der Waals surface area contributed by atoms with E-state index in [0.29, 0.717) is 5.52 Å². The van der Waals surface area contributed by atoms with E-state index in [4.69, 9.17) is 0 Å². The SMILES string of the molecule is CCCCCCCCC#Cc1ccc2nc(C(O)C(NC(C)=O)C(=O)O)ccc2c1. The smallest absolute Gasteiger partial charge is 0.329 e. The number of carbonyl (C=O) groups excluding carboxylic acids is 1. The lowest BCUT2D eigenvalue weighted by molar-refractivity contribution is -0.145. The lowest BCUT2D eigenvalue weighted by atomic mass is 10.0. The molecule has 2 rings (SSSR count). The summed E-state index contributed by atoms with van der Waals surface area (Å²) in [6, 6.07) is 7.47. The summed E-state index contributed by atoms with van der Waals surface area (Å²) in [6.07, 6.45) is 6.91. The molecule has 0 saturated heterocycles. The van der Waals surface area contributed by atoms with Crippen molar-refractivity contribution in [2.24, 2.45) is 0 Å². The highest BCUT2D eigenvalue weighted by Crippen LogP contribution is 2.20. The molecule has 30 heavy (non-hydrogen) atoms. The molecule has 1 amide bonds. The predicted molar refractivity (Wildman–Crippen MR) is 117 cm³/mol. The largest absolute Gasteiger partial charge is 0.480 e. The molecule has 6 heteroatoms. The summed E-state index contributed by atoms with van der Waals surface area (Å²) in [4.78, 5) is 26.9. The van der Waals surface area contributed by atoms with Crippen LogP contribution in [0, 0.1) is 11.8 Å². The van der Waals surface area contributed by atoms with Gasteiger partial charge in [-0.15, -0.1) is 0 Å². The third-order valence-electron chi connectivity index (χ3n) is 4.84. The van der Waals surface area contributed by atoms with Gasteiger partial charge in [0.15, 0.2) is 6.04 Å². The van der Waals surface area contributed by atoms with Gasteiger partial charge in [-0.25, -0.2) is 9.78 Å². The summed E-state index contributed by atoms with van der Waals surface area (Å²) < 4.78 is 0. The molecule has 6 nitrogen and oxygen atoms in total. The van der Waals surface area contributed by atoms with E-state index in [2.05, 4.69) is 29.1 Å². The second-order valence-electron chi connectivity index (χ2n) is 7.42. The summed E-state index contributed by atoms with van der Waals surface area (Å²) in [5, 5.41) is 22.7. The van der Waals surface area contributed by atoms with Crippen molar-refractivity contribution in [1.82, 2.24) is 10.3 Å². The number of hydrogen-bond acceptors (Lipinski definition) is 4. The van der Waals surface area contributed by atoms with Crippen molar-refractivity contribution in [1.29, 1.82) is 0 Å². The summed E-state index contributed by atoms with van der Waals surface area (Å²) in [5.74, 6) is 4.54. The van der Waals surface area contributed by atoms with E-state index in [0.717, 1.165) is 23.8 Å². The standard InChI is InChI=1S/C24H30N2O4/c1-3-4-5-6-7-8-9-10-11-18-12-14-20-19(16-18)13-15-21(26-20)23(28)22(24(29)30)25-17(2)27/h12-16,22-23,28H,3-9H2,1-2H3,(H,25,27)(H,29,30). The molecule has 0 bridgehead atoms. The number of aliphatic carboxylic acids is 1. The van der Waals surface area contributed by atoms with Crippen LogP contribution in [-0.2, 0) is 9.59 Å². The quantitative estimate of drug-likeness (QED) is 0.407. The maximum atomic E-state index is 11.4. The zero-order chi connectivity index (χ0) is 21.9. The first-order valence-corrected chi connectivity index (χ1v) is 10.5. The van der Waals surface area contributed by atoms with Crippen LogP contribution in [-0.4, -0.2) is 33.1 Å². The van der Waals surface area contributed by atoms with E-state index in [1.165, 1.54) is 39.0 Å². The van der Waals surface area contributed by atoms with Crippen LogP contribution in [0.15, 0.2) is 30.3 Å². The van der Waals surface area contributed by atoms with Crippen molar-refractivity contribution in [2.45, 2.75) is 70.9 Å². The molecule has 0 aliphatic carbocycles. The van der Waals surface area contributed by atoms with Crippen LogP contribution in [0.3, 0.4) is 0 Å². The van der Waals surface area contributed by atoms with Gasteiger partial charge in [0.25, 0.3) is 0 Å². The van der Waals surface area contributed by atoms with E-state index in [9.17, 15) is 19.8 Å². The number of carbonyl (C=O) groups is 2. The van der Waals surface area contributed by atoms with E-state index in [-0.39, 0.29) is 5.69 Å². The lowest BCUT2D eigenvalue weighted by Gasteiger charge is -2.19. The topological polar surface area (TPSA) is 99.5 Å². The number of aliphatic hydroxyl groups is 1. The minimum absolute atomic E-state index is 0.186. The molecule has 0 spiro atoms. The molecule has 2 unspecified atom stereocenters. The Labute approximate surface area is 177 Å². The summed E-state index contributed by atoms with van der Waals surface area (Å²) in [7, 11) is 0. The van der Waals surface area contributed by atoms with Gasteiger partial charge in [0.1, 0.15) is 6.10 Å². The molecule has 0 radical (unpaired) electrons. The van der Waals surface area contributed by atoms with Gasteiger partial charge < -0.3 is 15.5 Å². The number of aliphatic hydroxyl groups excluding tert-OH is 1. The second kappa shape index (κ2) is 11.9. The number of fused-ring (bicyclic) bond motifs is 1. The fourth-order valence-electron chi connectivity index (χ4n) is 3.21. The Morgan fingerprint density at radius 1 is 1.10 bits per heavy atom. The fraction of sp³-hybridized carbons (Fsp3) is 0.458. The van der Waals surface area contributed by atoms with Gasteiger partial charge in [-0.3, -0.25) is 4.79 Å². The number of nitrogens with one attached hydrogen (secondary N) is 1. The van der Waals surface area contributed by atoms with Crippen LogP contribution in [0.25, 0.3) is 10.9 Å². The molecule has 1 aromatic heterocycles. The van der Waals surface area contributed by atoms with Crippen molar-refractivity contribution in [3.05, 3.63) is 41.6 Å². The molecular formula is C24H30N2O4. The molecule has 0 fully saturated rings. The first-order chi connectivity index (χ1) is 14.4. The highest BCUT2D eigenvalue weighted by Gasteiger charge is 2.29. The van der Waals surface area contributed by atoms with Crippen LogP contribution in [0.4, 0.5) is 0 Å². The lowest BCUT2D eigenvalue weighted by Crippen LogP contribution is -2.44. The Morgan fingerprint density at radius 3 is 2.53 bits per heavy atom. The van der Waals surface area contributed by atoms with Crippen molar-refractivity contribution in [3.8, 4) is 11.8 Å². The van der Waals surface area contributed by atoms with Gasteiger partial charge in [0.05, 0.1) is 11.2 Å². The summed E-state index contributed by atoms with van der Waals surface area (Å²) >= 11 is 0. The van der Waals surface area contributed by atoms with Gasteiger partial charge in [0, 0.05) is 24.3 Å². The number of amides is 1. The van der Waals surface area contributed by atoms with Gasteiger partial charge in [-0.1, -0.05) is 56.9 Å². The number of hydrogen-bond donors (Lipinski definition) is 3. The third kappa shape index (κ3) is 7.16. The molecule has 160 valence electrons. The van der Waals surface area contributed by atoms with E-state index in [1.807, 2.05) is 12.1 Å². The van der Waals surface area contributed by atoms with Crippen LogP contribution >= 0.6 is 0 Å². The number of carboxylic acid groups (broad SMARTS) is 1. The Kier molecular flexibility index (Phi) is 9.30. The summed E-state index contributed by atoms with van der Waals surface area (Å²) in [6.45, 7) is 3.41. The highest BCUT2D eigenvalue weighted by atomic mass is 16.4. The molecular weight excluding hydrogens is 380 g/mol. The molecule has 2 aromatic rings. The number of pyridine rings is 1. The number of rotatable bonds is 10. The first kappa shape index (κ1) is 23.4. The molecule has 0 saturated carbocycles. The monoisotopic (exact) mass is 410 g/mol. The molecule has 3 N–H and O–H groups in total. The number of nitrogens with zero attached hydrogens (tertiary/aromatic N) is 1. The van der Waals surface area contributed by atoms with Gasteiger partial charge >= 0.3 is 5.97 Å². The zero-order valence-electron chi connectivity index (χ0n) is 17.6. The van der Waals surface area contributed by atoms with Crippen molar-refractivity contribution in [2.75, 3.05) is 0 Å². The van der Waals surface area contributed by atoms with Gasteiger partial charge in [-0.2, -0.15) is 0 Å². The Bertz CT molecular complexity index is 930. The number of carboxylic acids is 1.